The number of carbonyl (C=O) groups excluding carboxylic acids is 1. The van der Waals surface area contributed by atoms with E-state index < -0.39 is 0 Å². The molecule has 7 heteroatoms. The van der Waals surface area contributed by atoms with E-state index in [2.05, 4.69) is 20.9 Å². The molecule has 152 valence electrons. The monoisotopic (exact) mass is 500 g/mol. The van der Waals surface area contributed by atoms with Crippen molar-refractivity contribution in [2.45, 2.75) is 6.92 Å². The predicted molar refractivity (Wildman–Crippen MR) is 130 cm³/mol. The Kier molecular flexibility index (Phi) is 6.18. The van der Waals surface area contributed by atoms with E-state index in [-0.39, 0.29) is 5.91 Å². The fraction of sp³-hybridized carbons (Fsp3) is 0.130. The normalized spacial score (nSPS) is 16.8. The molecule has 1 saturated heterocycles. The second-order valence-electron chi connectivity index (χ2n) is 6.60. The minimum absolute atomic E-state index is 0.0997. The van der Waals surface area contributed by atoms with Gasteiger partial charge >= 0.3 is 0 Å². The Labute approximate surface area is 192 Å². The molecule has 0 aromatic heterocycles. The van der Waals surface area contributed by atoms with Gasteiger partial charge < -0.3 is 4.74 Å². The van der Waals surface area contributed by atoms with Crippen LogP contribution in [-0.4, -0.2) is 29.6 Å². The molecule has 0 radical (unpaired) electrons. The second kappa shape index (κ2) is 8.84. The van der Waals surface area contributed by atoms with E-state index in [0.717, 1.165) is 26.6 Å². The van der Waals surface area contributed by atoms with Crippen molar-refractivity contribution in [3.05, 3.63) is 74.6 Å². The lowest BCUT2D eigenvalue weighted by atomic mass is 10.0. The van der Waals surface area contributed by atoms with Crippen LogP contribution in [0.3, 0.4) is 0 Å². The van der Waals surface area contributed by atoms with E-state index in [9.17, 15) is 4.79 Å². The highest BCUT2D eigenvalue weighted by Crippen LogP contribution is 2.37. The number of likely N-dealkylation sites (N-methyl/N-ethyl adjacent to an activating group) is 1. The van der Waals surface area contributed by atoms with Gasteiger partial charge in [0, 0.05) is 17.1 Å². The van der Waals surface area contributed by atoms with Gasteiger partial charge in [-0.05, 0) is 75.7 Å². The van der Waals surface area contributed by atoms with E-state index in [4.69, 9.17) is 16.3 Å². The van der Waals surface area contributed by atoms with Crippen LogP contribution < -0.4 is 4.74 Å². The third-order valence-corrected chi connectivity index (χ3v) is 6.93. The summed E-state index contributed by atoms with van der Waals surface area (Å²) in [6.07, 6.45) is 1.90. The zero-order chi connectivity index (χ0) is 21.3. The average molecular weight is 502 g/mol. The smallest absolute Gasteiger partial charge is 0.266 e. The number of hydrogen-bond acceptors (Lipinski definition) is 4. The lowest BCUT2D eigenvalue weighted by Crippen LogP contribution is -2.23. The molecule has 4 nitrogen and oxygen atoms in total. The molecule has 3 aromatic rings. The van der Waals surface area contributed by atoms with Gasteiger partial charge in [-0.3, -0.25) is 9.69 Å². The molecule has 0 N–H and O–H groups in total. The van der Waals surface area contributed by atoms with Gasteiger partial charge in [-0.15, -0.1) is 0 Å². The molecule has 0 aliphatic carbocycles. The lowest BCUT2D eigenvalue weighted by molar-refractivity contribution is -0.121. The number of thioether (sulfide) groups is 1. The predicted octanol–water partition coefficient (Wildman–Crippen LogP) is 6.89. The van der Waals surface area contributed by atoms with Crippen molar-refractivity contribution in [3.8, 4) is 5.75 Å². The van der Waals surface area contributed by atoms with Gasteiger partial charge in [-0.2, -0.15) is 0 Å². The van der Waals surface area contributed by atoms with Crippen LogP contribution in [0.25, 0.3) is 16.8 Å². The summed E-state index contributed by atoms with van der Waals surface area (Å²) in [6.45, 7) is 2.50. The van der Waals surface area contributed by atoms with Gasteiger partial charge in [0.2, 0.25) is 0 Å². The number of ether oxygens (including phenoxy) is 1. The molecule has 1 fully saturated rings. The zero-order valence-electron chi connectivity index (χ0n) is 16.4. The highest BCUT2D eigenvalue weighted by molar-refractivity contribution is 9.10. The molecule has 1 heterocycles. The first-order chi connectivity index (χ1) is 14.5. The molecule has 0 unspecified atom stereocenters. The fourth-order valence-electron chi connectivity index (χ4n) is 3.15. The highest BCUT2D eigenvalue weighted by Gasteiger charge is 2.31. The van der Waals surface area contributed by atoms with E-state index >= 15 is 0 Å². The fourth-order valence-corrected chi connectivity index (χ4v) is 4.54. The van der Waals surface area contributed by atoms with Crippen molar-refractivity contribution in [3.63, 3.8) is 0 Å². The summed E-state index contributed by atoms with van der Waals surface area (Å²) in [5.41, 5.74) is 1.58. The highest BCUT2D eigenvalue weighted by atomic mass is 79.9. The van der Waals surface area contributed by atoms with Crippen LogP contribution >= 0.6 is 39.3 Å². The Morgan fingerprint density at radius 3 is 2.77 bits per heavy atom. The molecule has 1 aliphatic heterocycles. The van der Waals surface area contributed by atoms with E-state index in [1.165, 1.54) is 11.8 Å². The molecule has 1 amide bonds. The molecule has 0 bridgehead atoms. The topological polar surface area (TPSA) is 41.9 Å². The number of fused-ring (bicyclic) bond motifs is 1. The minimum atomic E-state index is -0.0997. The van der Waals surface area contributed by atoms with Gasteiger partial charge in [-0.25, -0.2) is 4.99 Å². The van der Waals surface area contributed by atoms with E-state index in [1.807, 2.05) is 61.5 Å². The largest absolute Gasteiger partial charge is 0.493 e. The third-order valence-electron chi connectivity index (χ3n) is 4.64. The number of amides is 1. The standard InChI is InChI=1S/C23H18BrClN2O2S/c1-3-29-20-11-8-14-6-4-5-7-16(14)17(20)13-21-22(28)27(2)23(30-21)26-15-9-10-18(24)19(25)12-15/h4-13H,3H2,1-2H3/b21-13-,26-23?. The molecule has 0 atom stereocenters. The Morgan fingerprint density at radius 2 is 2.00 bits per heavy atom. The first kappa shape index (κ1) is 21.0. The Hall–Kier alpha value is -2.28. The molecular formula is C23H18BrClN2O2S. The maximum absolute atomic E-state index is 12.9. The van der Waals surface area contributed by atoms with Crippen molar-refractivity contribution in [1.82, 2.24) is 4.90 Å². The molecule has 3 aromatic carbocycles. The van der Waals surface area contributed by atoms with Crippen LogP contribution in [0.15, 0.2) is 69.0 Å². The Morgan fingerprint density at radius 1 is 1.20 bits per heavy atom. The average Bonchev–Trinajstić information content (AvgIpc) is 3.00. The third kappa shape index (κ3) is 4.13. The number of halogens is 2. The number of benzene rings is 3. The molecule has 30 heavy (non-hydrogen) atoms. The van der Waals surface area contributed by atoms with Crippen LogP contribution in [0.4, 0.5) is 5.69 Å². The van der Waals surface area contributed by atoms with Crippen molar-refractivity contribution in [2.75, 3.05) is 13.7 Å². The summed E-state index contributed by atoms with van der Waals surface area (Å²) in [5.74, 6) is 0.655. The summed E-state index contributed by atoms with van der Waals surface area (Å²) >= 11 is 10.9. The summed E-state index contributed by atoms with van der Waals surface area (Å²) in [5, 5.41) is 3.30. The quantitative estimate of drug-likeness (QED) is 0.366. The molecule has 4 rings (SSSR count). The Bertz CT molecular complexity index is 1210. The zero-order valence-corrected chi connectivity index (χ0v) is 19.5. The van der Waals surface area contributed by atoms with Crippen LogP contribution in [0.1, 0.15) is 12.5 Å². The van der Waals surface area contributed by atoms with Gasteiger partial charge in [0.25, 0.3) is 5.91 Å². The SMILES string of the molecule is CCOc1ccc2ccccc2c1/C=C1\SC(=Nc2ccc(Br)c(Cl)c2)N(C)C1=O. The summed E-state index contributed by atoms with van der Waals surface area (Å²) in [6, 6.07) is 17.5. The van der Waals surface area contributed by atoms with E-state index in [1.54, 1.807) is 18.0 Å². The number of carbonyl (C=O) groups is 1. The summed E-state index contributed by atoms with van der Waals surface area (Å²) in [4.78, 5) is 19.7. The van der Waals surface area contributed by atoms with Crippen LogP contribution in [0, 0.1) is 0 Å². The number of hydrogen-bond donors (Lipinski definition) is 0. The summed E-state index contributed by atoms with van der Waals surface area (Å²) in [7, 11) is 1.72. The van der Waals surface area contributed by atoms with Crippen LogP contribution in [0.2, 0.25) is 5.02 Å². The summed E-state index contributed by atoms with van der Waals surface area (Å²) < 4.78 is 6.64. The number of rotatable bonds is 4. The minimum Gasteiger partial charge on any atom is -0.493 e. The second-order valence-corrected chi connectivity index (χ2v) is 8.87. The van der Waals surface area contributed by atoms with Crippen molar-refractivity contribution in [1.29, 1.82) is 0 Å². The maximum Gasteiger partial charge on any atom is 0.266 e. The number of amidine groups is 1. The van der Waals surface area contributed by atoms with Crippen LogP contribution in [-0.2, 0) is 4.79 Å². The van der Waals surface area contributed by atoms with Gasteiger partial charge in [0.05, 0.1) is 22.2 Å². The van der Waals surface area contributed by atoms with Crippen LogP contribution in [0.5, 0.6) is 5.75 Å². The van der Waals surface area contributed by atoms with Gasteiger partial charge in [-0.1, -0.05) is 41.9 Å². The van der Waals surface area contributed by atoms with Gasteiger partial charge in [0.1, 0.15) is 5.75 Å². The molecular weight excluding hydrogens is 484 g/mol. The van der Waals surface area contributed by atoms with Crippen molar-refractivity contribution in [2.24, 2.45) is 4.99 Å². The van der Waals surface area contributed by atoms with Crippen molar-refractivity contribution >= 4 is 72.9 Å². The number of nitrogens with zero attached hydrogens (tertiary/aromatic N) is 2. The molecule has 0 spiro atoms. The molecule has 0 saturated carbocycles. The Balaban J connectivity index is 1.76. The lowest BCUT2D eigenvalue weighted by Gasteiger charge is -2.11. The van der Waals surface area contributed by atoms with Crippen molar-refractivity contribution < 1.29 is 9.53 Å². The van der Waals surface area contributed by atoms with E-state index in [0.29, 0.717) is 27.4 Å². The maximum atomic E-state index is 12.9. The molecule has 1 aliphatic rings. The number of aliphatic imine (C=N–C) groups is 1. The first-order valence-electron chi connectivity index (χ1n) is 9.34. The van der Waals surface area contributed by atoms with Gasteiger partial charge in [0.15, 0.2) is 5.17 Å². The first-order valence-corrected chi connectivity index (χ1v) is 11.3.